The minimum Gasteiger partial charge on any atom is -0.356 e. The fraction of sp³-hybridized carbons (Fsp3) is 0.824. The van der Waals surface area contributed by atoms with Crippen molar-refractivity contribution in [2.75, 3.05) is 33.2 Å². The van der Waals surface area contributed by atoms with Gasteiger partial charge in [-0.25, -0.2) is 0 Å². The molecular formula is C17H32N6O. The van der Waals surface area contributed by atoms with Gasteiger partial charge >= 0.3 is 0 Å². The molecule has 2 rings (SSSR count). The van der Waals surface area contributed by atoms with Gasteiger partial charge in [0.2, 0.25) is 5.89 Å². The summed E-state index contributed by atoms with van der Waals surface area (Å²) >= 11 is 0. The lowest BCUT2D eigenvalue weighted by Gasteiger charge is -2.23. The minimum atomic E-state index is 0.307. The number of likely N-dealkylation sites (tertiary alicyclic amines) is 1. The number of likely N-dealkylation sites (N-methyl/N-ethyl adjacent to an activating group) is 1. The lowest BCUT2D eigenvalue weighted by atomic mass is 10.2. The molecule has 0 aliphatic carbocycles. The van der Waals surface area contributed by atoms with Gasteiger partial charge in [0.25, 0.3) is 0 Å². The van der Waals surface area contributed by atoms with Crippen LogP contribution >= 0.6 is 0 Å². The van der Waals surface area contributed by atoms with Crippen molar-refractivity contribution in [1.82, 2.24) is 25.7 Å². The fourth-order valence-electron chi connectivity index (χ4n) is 3.03. The van der Waals surface area contributed by atoms with Gasteiger partial charge in [0.05, 0.1) is 0 Å². The number of aryl methyl sites for hydroxylation is 1. The van der Waals surface area contributed by atoms with E-state index in [1.165, 1.54) is 19.4 Å². The van der Waals surface area contributed by atoms with Crippen LogP contribution in [-0.2, 0) is 6.42 Å². The Hall–Kier alpha value is -1.63. The molecule has 7 heteroatoms. The summed E-state index contributed by atoms with van der Waals surface area (Å²) in [5, 5.41) is 10.8. The molecule has 1 atom stereocenters. The Morgan fingerprint density at radius 1 is 1.42 bits per heavy atom. The molecular weight excluding hydrogens is 304 g/mol. The van der Waals surface area contributed by atoms with Gasteiger partial charge in [-0.3, -0.25) is 9.89 Å². The van der Waals surface area contributed by atoms with E-state index in [1.54, 1.807) is 0 Å². The average molecular weight is 336 g/mol. The summed E-state index contributed by atoms with van der Waals surface area (Å²) in [5.74, 6) is 2.67. The van der Waals surface area contributed by atoms with Crippen LogP contribution < -0.4 is 10.6 Å². The maximum Gasteiger partial charge on any atom is 0.226 e. The lowest BCUT2D eigenvalue weighted by molar-refractivity contribution is 0.267. The van der Waals surface area contributed by atoms with Gasteiger partial charge in [-0.05, 0) is 32.4 Å². The quantitative estimate of drug-likeness (QED) is 0.428. The van der Waals surface area contributed by atoms with Crippen molar-refractivity contribution in [3.05, 3.63) is 11.7 Å². The highest BCUT2D eigenvalue weighted by atomic mass is 16.5. The molecule has 1 aliphatic rings. The van der Waals surface area contributed by atoms with E-state index in [4.69, 9.17) is 4.52 Å². The van der Waals surface area contributed by atoms with Crippen molar-refractivity contribution in [2.24, 2.45) is 4.99 Å². The summed E-state index contributed by atoms with van der Waals surface area (Å²) in [4.78, 5) is 11.2. The van der Waals surface area contributed by atoms with Gasteiger partial charge in [0.15, 0.2) is 11.8 Å². The normalized spacial score (nSPS) is 19.2. The van der Waals surface area contributed by atoms with Gasteiger partial charge in [-0.15, -0.1) is 0 Å². The number of hydrogen-bond donors (Lipinski definition) is 2. The molecule has 1 aliphatic heterocycles. The van der Waals surface area contributed by atoms with E-state index in [0.717, 1.165) is 44.3 Å². The van der Waals surface area contributed by atoms with Crippen LogP contribution in [0.25, 0.3) is 0 Å². The monoisotopic (exact) mass is 336 g/mol. The zero-order valence-corrected chi connectivity index (χ0v) is 15.5. The predicted molar refractivity (Wildman–Crippen MR) is 96.3 cm³/mol. The lowest BCUT2D eigenvalue weighted by Crippen LogP contribution is -2.45. The molecule has 2 N–H and O–H groups in total. The van der Waals surface area contributed by atoms with Gasteiger partial charge in [0, 0.05) is 38.5 Å². The molecule has 1 aromatic rings. The summed E-state index contributed by atoms with van der Waals surface area (Å²) in [6.07, 6.45) is 4.29. The Morgan fingerprint density at radius 2 is 2.25 bits per heavy atom. The topological polar surface area (TPSA) is 78.6 Å². The maximum absolute atomic E-state index is 5.26. The summed E-state index contributed by atoms with van der Waals surface area (Å²) in [6.45, 7) is 10.5. The van der Waals surface area contributed by atoms with E-state index in [-0.39, 0.29) is 0 Å². The zero-order chi connectivity index (χ0) is 17.4. The molecule has 0 radical (unpaired) electrons. The molecule has 7 nitrogen and oxygen atoms in total. The third-order valence-corrected chi connectivity index (χ3v) is 4.49. The Labute approximate surface area is 145 Å². The number of aromatic nitrogens is 2. The van der Waals surface area contributed by atoms with E-state index in [1.807, 2.05) is 7.05 Å². The zero-order valence-electron chi connectivity index (χ0n) is 15.5. The molecule has 24 heavy (non-hydrogen) atoms. The second-order valence-corrected chi connectivity index (χ2v) is 6.61. The van der Waals surface area contributed by atoms with Gasteiger partial charge in [0.1, 0.15) is 0 Å². The molecule has 0 spiro atoms. The SMILES string of the molecule is CCN1CCCC1CNC(=NC)NCCCc1nc(C(C)C)no1. The van der Waals surface area contributed by atoms with E-state index in [2.05, 4.69) is 51.4 Å². The molecule has 0 saturated carbocycles. The molecule has 1 unspecified atom stereocenters. The Morgan fingerprint density at radius 3 is 2.92 bits per heavy atom. The molecule has 1 fully saturated rings. The molecule has 0 aromatic carbocycles. The van der Waals surface area contributed by atoms with Gasteiger partial charge in [-0.1, -0.05) is 25.9 Å². The Kier molecular flexibility index (Phi) is 7.49. The molecule has 1 saturated heterocycles. The van der Waals surface area contributed by atoms with Crippen molar-refractivity contribution in [1.29, 1.82) is 0 Å². The maximum atomic E-state index is 5.26. The largest absolute Gasteiger partial charge is 0.356 e. The first kappa shape index (κ1) is 18.7. The van der Waals surface area contributed by atoms with Crippen LogP contribution in [0.4, 0.5) is 0 Å². The minimum absolute atomic E-state index is 0.307. The number of hydrogen-bond acceptors (Lipinski definition) is 5. The average Bonchev–Trinajstić information content (AvgIpc) is 3.23. The number of nitrogens with one attached hydrogen (secondary N) is 2. The number of guanidine groups is 1. The Balaban J connectivity index is 1.64. The molecule has 1 aromatic heterocycles. The first-order valence-electron chi connectivity index (χ1n) is 9.15. The van der Waals surface area contributed by atoms with E-state index in [9.17, 15) is 0 Å². The van der Waals surface area contributed by atoms with E-state index < -0.39 is 0 Å². The fourth-order valence-corrected chi connectivity index (χ4v) is 3.03. The van der Waals surface area contributed by atoms with E-state index in [0.29, 0.717) is 17.9 Å². The van der Waals surface area contributed by atoms with Crippen LogP contribution in [-0.4, -0.2) is 60.3 Å². The van der Waals surface area contributed by atoms with Crippen molar-refractivity contribution in [3.8, 4) is 0 Å². The highest BCUT2D eigenvalue weighted by Crippen LogP contribution is 2.15. The smallest absolute Gasteiger partial charge is 0.226 e. The summed E-state index contributed by atoms with van der Waals surface area (Å²) in [6, 6.07) is 0.626. The summed E-state index contributed by atoms with van der Waals surface area (Å²) in [7, 11) is 1.81. The molecule has 2 heterocycles. The van der Waals surface area contributed by atoms with Crippen LogP contribution in [0.5, 0.6) is 0 Å². The van der Waals surface area contributed by atoms with Crippen LogP contribution in [0.1, 0.15) is 57.7 Å². The van der Waals surface area contributed by atoms with Crippen LogP contribution in [0.3, 0.4) is 0 Å². The van der Waals surface area contributed by atoms with Gasteiger partial charge < -0.3 is 15.2 Å². The van der Waals surface area contributed by atoms with Crippen molar-refractivity contribution >= 4 is 5.96 Å². The number of rotatable bonds is 8. The summed E-state index contributed by atoms with van der Waals surface area (Å²) < 4.78 is 5.26. The first-order valence-corrected chi connectivity index (χ1v) is 9.15. The summed E-state index contributed by atoms with van der Waals surface area (Å²) in [5.41, 5.74) is 0. The second-order valence-electron chi connectivity index (χ2n) is 6.61. The second kappa shape index (κ2) is 9.61. The molecule has 136 valence electrons. The highest BCUT2D eigenvalue weighted by Gasteiger charge is 2.22. The van der Waals surface area contributed by atoms with Crippen LogP contribution in [0.2, 0.25) is 0 Å². The predicted octanol–water partition coefficient (Wildman–Crippen LogP) is 1.77. The molecule has 0 amide bonds. The van der Waals surface area contributed by atoms with Crippen molar-refractivity contribution < 1.29 is 4.52 Å². The Bertz CT molecular complexity index is 513. The molecule has 0 bridgehead atoms. The van der Waals surface area contributed by atoms with Crippen LogP contribution in [0, 0.1) is 0 Å². The van der Waals surface area contributed by atoms with Crippen LogP contribution in [0.15, 0.2) is 9.52 Å². The van der Waals surface area contributed by atoms with Gasteiger partial charge in [-0.2, -0.15) is 4.98 Å². The highest BCUT2D eigenvalue weighted by molar-refractivity contribution is 5.79. The first-order chi connectivity index (χ1) is 11.6. The number of aliphatic imine (C=N–C) groups is 1. The van der Waals surface area contributed by atoms with Crippen molar-refractivity contribution in [3.63, 3.8) is 0 Å². The number of nitrogens with zero attached hydrogens (tertiary/aromatic N) is 4. The third kappa shape index (κ3) is 5.47. The third-order valence-electron chi connectivity index (χ3n) is 4.49. The van der Waals surface area contributed by atoms with E-state index >= 15 is 0 Å². The standard InChI is InChI=1S/C17H32N6O/c1-5-23-11-7-8-14(23)12-20-17(18-4)19-10-6-9-15-21-16(13(2)3)22-24-15/h13-14H,5-12H2,1-4H3,(H2,18,19,20). The van der Waals surface area contributed by atoms with Crippen molar-refractivity contribution in [2.45, 2.75) is 58.4 Å².